The van der Waals surface area contributed by atoms with E-state index < -0.39 is 77.5 Å². The van der Waals surface area contributed by atoms with E-state index in [1.165, 1.54) is 6.92 Å². The second-order valence-electron chi connectivity index (χ2n) is 16.7. The first-order chi connectivity index (χ1) is 23.0. The molecule has 0 aromatic carbocycles. The number of ether oxygens (including phenoxy) is 6. The van der Waals surface area contributed by atoms with Crippen molar-refractivity contribution in [3.8, 4) is 0 Å². The highest BCUT2D eigenvalue weighted by atomic mass is 16.7. The van der Waals surface area contributed by atoms with Crippen molar-refractivity contribution in [3.05, 3.63) is 0 Å². The molecular weight excluding hydrogens is 646 g/mol. The molecule has 0 aromatic heterocycles. The number of aliphatic hydroxyl groups excluding tert-OH is 1. The molecule has 0 radical (unpaired) electrons. The van der Waals surface area contributed by atoms with Crippen LogP contribution < -0.4 is 0 Å². The Morgan fingerprint density at radius 1 is 0.920 bits per heavy atom. The van der Waals surface area contributed by atoms with Crippen molar-refractivity contribution in [2.24, 2.45) is 29.6 Å². The average molecular weight is 716 g/mol. The van der Waals surface area contributed by atoms with Crippen molar-refractivity contribution in [1.82, 2.24) is 4.90 Å². The monoisotopic (exact) mass is 715 g/mol. The molecule has 0 spiro atoms. The summed E-state index contributed by atoms with van der Waals surface area (Å²) in [6.07, 6.45) is -5.17. The zero-order valence-corrected chi connectivity index (χ0v) is 33.2. The number of Topliss-reactive ketones (excluding diaryl/α,β-unsaturated/α-hetero) is 1. The van der Waals surface area contributed by atoms with Crippen molar-refractivity contribution in [3.63, 3.8) is 0 Å². The maximum Gasteiger partial charge on any atom is 0.308 e. The molecule has 12 nitrogen and oxygen atoms in total. The molecule has 3 heterocycles. The van der Waals surface area contributed by atoms with E-state index in [1.54, 1.807) is 34.8 Å². The molecule has 50 heavy (non-hydrogen) atoms. The molecule has 3 fully saturated rings. The van der Waals surface area contributed by atoms with Gasteiger partial charge in [-0.1, -0.05) is 41.5 Å². The van der Waals surface area contributed by atoms with Crippen LogP contribution in [0.25, 0.3) is 0 Å². The van der Waals surface area contributed by atoms with E-state index in [9.17, 15) is 24.9 Å². The smallest absolute Gasteiger partial charge is 0.308 e. The van der Waals surface area contributed by atoms with Crippen molar-refractivity contribution in [1.29, 1.82) is 0 Å². The summed E-state index contributed by atoms with van der Waals surface area (Å²) in [6, 6.07) is 0.150. The number of aliphatic hydroxyl groups is 3. The first-order valence-electron chi connectivity index (χ1n) is 18.7. The van der Waals surface area contributed by atoms with Gasteiger partial charge in [0.05, 0.1) is 48.1 Å². The van der Waals surface area contributed by atoms with Crippen LogP contribution in [0.2, 0.25) is 0 Å². The van der Waals surface area contributed by atoms with E-state index in [1.807, 2.05) is 41.8 Å². The van der Waals surface area contributed by atoms with Crippen LogP contribution in [-0.4, -0.2) is 125 Å². The molecule has 0 aliphatic carbocycles. The van der Waals surface area contributed by atoms with Gasteiger partial charge in [-0.2, -0.15) is 0 Å². The lowest BCUT2D eigenvalue weighted by atomic mass is 9.74. The molecule has 1 unspecified atom stereocenters. The molecule has 0 bridgehead atoms. The Morgan fingerprint density at radius 2 is 1.54 bits per heavy atom. The van der Waals surface area contributed by atoms with E-state index in [2.05, 4.69) is 18.7 Å². The lowest BCUT2D eigenvalue weighted by Crippen LogP contribution is -2.58. The number of nitrogens with zero attached hydrogens (tertiary/aromatic N) is 1. The number of rotatable bonds is 7. The summed E-state index contributed by atoms with van der Waals surface area (Å²) in [5.74, 6) is -3.40. The summed E-state index contributed by atoms with van der Waals surface area (Å²) >= 11 is 0. The van der Waals surface area contributed by atoms with E-state index in [0.29, 0.717) is 6.42 Å². The van der Waals surface area contributed by atoms with Gasteiger partial charge in [-0.15, -0.1) is 0 Å². The predicted octanol–water partition coefficient (Wildman–Crippen LogP) is 4.09. The molecule has 3 N–H and O–H groups in total. The topological polar surface area (TPSA) is 153 Å². The predicted molar refractivity (Wildman–Crippen MR) is 188 cm³/mol. The minimum Gasteiger partial charge on any atom is -0.459 e. The lowest BCUT2D eigenvalue weighted by molar-refractivity contribution is -0.303. The molecule has 3 aliphatic heterocycles. The zero-order chi connectivity index (χ0) is 38.1. The third kappa shape index (κ3) is 9.46. The van der Waals surface area contributed by atoms with Crippen molar-refractivity contribution < 1.29 is 53.3 Å². The quantitative estimate of drug-likeness (QED) is 0.326. The molecule has 0 saturated carbocycles. The van der Waals surface area contributed by atoms with Crippen molar-refractivity contribution in [2.75, 3.05) is 21.2 Å². The second-order valence-corrected chi connectivity index (χ2v) is 16.7. The minimum absolute atomic E-state index is 0.0155. The average Bonchev–Trinajstić information content (AvgIpc) is 3.03. The molecule has 17 atom stereocenters. The maximum absolute atomic E-state index is 13.8. The molecule has 3 aliphatic rings. The van der Waals surface area contributed by atoms with E-state index >= 15 is 0 Å². The van der Waals surface area contributed by atoms with Gasteiger partial charge in [-0.05, 0) is 68.0 Å². The molecule has 0 aromatic rings. The van der Waals surface area contributed by atoms with Gasteiger partial charge in [0.2, 0.25) is 0 Å². The molecular formula is C38H69NO11. The summed E-state index contributed by atoms with van der Waals surface area (Å²) in [4.78, 5) is 29.8. The number of cyclic esters (lactones) is 1. The number of esters is 1. The number of carbonyl (C=O) groups is 2. The highest BCUT2D eigenvalue weighted by molar-refractivity contribution is 5.83. The van der Waals surface area contributed by atoms with Crippen LogP contribution in [0, 0.1) is 29.6 Å². The van der Waals surface area contributed by atoms with Gasteiger partial charge in [-0.3, -0.25) is 9.59 Å². The van der Waals surface area contributed by atoms with Gasteiger partial charge in [0.1, 0.15) is 17.5 Å². The highest BCUT2D eigenvalue weighted by Gasteiger charge is 2.51. The van der Waals surface area contributed by atoms with Crippen LogP contribution in [0.5, 0.6) is 0 Å². The largest absolute Gasteiger partial charge is 0.459 e. The standard InChI is InChI=1S/C38H69NO11/c1-15-29-38(11,44)33(42)24(6)32(41)20(2)18-36(9,43)34(50-35-22(4)27(39(12)13)16-21(3)46-35)23(5)28(17-30(40)49-29)48-31-19-37(10,45-14)25(7)26(8)47-31/h20-29,31,33-35,42-44H,15-19H2,1-14H3/t20-,21-,22-,23+,24+,25?,26+,27+,28-,29-,31+,33-,34-,35+,36+,37-,38-/m1/s1. The van der Waals surface area contributed by atoms with Crippen LogP contribution in [0.4, 0.5) is 0 Å². The fraction of sp³-hybridized carbons (Fsp3) is 0.947. The Labute approximate surface area is 300 Å². The lowest BCUT2D eigenvalue weighted by Gasteiger charge is -2.49. The second kappa shape index (κ2) is 16.8. The SMILES string of the molecule is CC[C@H]1OC(=O)C[C@@H](O[C@H]2C[C@@](C)(OC)C(C)[C@H](C)O2)[C@H](C)[C@@H](O[C@@H]2O[C@H](C)C[C@H](N(C)C)[C@H]2C)[C@@](C)(O)C[C@@H](C)C(=O)[C@H](C)[C@@H](O)[C@]1(C)O. The van der Waals surface area contributed by atoms with Crippen LogP contribution in [0.1, 0.15) is 108 Å². The van der Waals surface area contributed by atoms with E-state index in [-0.39, 0.29) is 55.1 Å². The number of carbonyl (C=O) groups excluding carboxylic acids is 2. The molecule has 3 rings (SSSR count). The van der Waals surface area contributed by atoms with Gasteiger partial charge in [0.25, 0.3) is 0 Å². The molecule has 12 heteroatoms. The first-order valence-corrected chi connectivity index (χ1v) is 18.7. The van der Waals surface area contributed by atoms with E-state index in [0.717, 1.165) is 6.42 Å². The minimum atomic E-state index is -1.92. The molecule has 292 valence electrons. The van der Waals surface area contributed by atoms with Gasteiger partial charge in [0, 0.05) is 49.2 Å². The number of hydrogen-bond acceptors (Lipinski definition) is 12. The number of methoxy groups -OCH3 is 1. The van der Waals surface area contributed by atoms with Gasteiger partial charge in [-0.25, -0.2) is 0 Å². The highest BCUT2D eigenvalue weighted by Crippen LogP contribution is 2.41. The third-order valence-electron chi connectivity index (χ3n) is 12.4. The van der Waals surface area contributed by atoms with Crippen LogP contribution in [0.15, 0.2) is 0 Å². The Hall–Kier alpha value is -1.22. The molecule has 0 amide bonds. The summed E-state index contributed by atoms with van der Waals surface area (Å²) < 4.78 is 38.1. The number of ketones is 1. The fourth-order valence-corrected chi connectivity index (χ4v) is 8.60. The van der Waals surface area contributed by atoms with Crippen molar-refractivity contribution >= 4 is 11.8 Å². The summed E-state index contributed by atoms with van der Waals surface area (Å²) in [6.45, 7) is 20.0. The Kier molecular flexibility index (Phi) is 14.6. The summed E-state index contributed by atoms with van der Waals surface area (Å²) in [5, 5.41) is 35.2. The van der Waals surface area contributed by atoms with Gasteiger partial charge < -0.3 is 48.6 Å². The Bertz CT molecular complexity index is 1130. The van der Waals surface area contributed by atoms with Crippen LogP contribution in [-0.2, 0) is 38.0 Å². The third-order valence-corrected chi connectivity index (χ3v) is 12.4. The van der Waals surface area contributed by atoms with Gasteiger partial charge in [0.15, 0.2) is 12.6 Å². The summed E-state index contributed by atoms with van der Waals surface area (Å²) in [5.41, 5.74) is -4.12. The van der Waals surface area contributed by atoms with Gasteiger partial charge >= 0.3 is 5.97 Å². The maximum atomic E-state index is 13.8. The fourth-order valence-electron chi connectivity index (χ4n) is 8.60. The molecule has 3 saturated heterocycles. The van der Waals surface area contributed by atoms with Crippen LogP contribution in [0.3, 0.4) is 0 Å². The summed E-state index contributed by atoms with van der Waals surface area (Å²) in [7, 11) is 5.71. The Morgan fingerprint density at radius 3 is 2.10 bits per heavy atom. The van der Waals surface area contributed by atoms with E-state index in [4.69, 9.17) is 28.4 Å². The number of hydrogen-bond donors (Lipinski definition) is 3. The van der Waals surface area contributed by atoms with Crippen LogP contribution >= 0.6 is 0 Å². The Balaban J connectivity index is 2.13. The van der Waals surface area contributed by atoms with Crippen molar-refractivity contribution in [2.45, 2.75) is 180 Å². The normalized spacial score (nSPS) is 49.0. The first kappa shape index (κ1) is 43.2. The zero-order valence-electron chi connectivity index (χ0n) is 33.2.